The molecule has 17 heteroatoms. The van der Waals surface area contributed by atoms with Crippen molar-refractivity contribution in [2.45, 2.75) is 70.6 Å². The number of ether oxygens (including phenoxy) is 3. The minimum absolute atomic E-state index is 0.0166. The molecule has 1 fully saturated rings. The lowest BCUT2D eigenvalue weighted by Gasteiger charge is -2.28. The first-order valence-electron chi connectivity index (χ1n) is 13.0. The maximum Gasteiger partial charge on any atom is 0.459 e. The van der Waals surface area contributed by atoms with Crippen molar-refractivity contribution >= 4 is 30.8 Å². The number of hydrogen-bond acceptors (Lipinski definition) is 12. The minimum Gasteiger partial charge on any atom is -0.476 e. The van der Waals surface area contributed by atoms with E-state index in [1.54, 1.807) is 39.0 Å². The molecule has 4 N–H and O–H groups in total. The first kappa shape index (κ1) is 31.5. The number of aliphatic hydroxyl groups excluding tert-OH is 1. The molecule has 0 unspecified atom stereocenters. The monoisotopic (exact) mass is 614 g/mol. The zero-order valence-corrected chi connectivity index (χ0v) is 24.5. The first-order valence-corrected chi connectivity index (χ1v) is 14.6. The van der Waals surface area contributed by atoms with Gasteiger partial charge in [-0.2, -0.15) is 15.1 Å². The normalized spacial score (nSPS) is 26.2. The van der Waals surface area contributed by atoms with Crippen molar-refractivity contribution in [2.75, 3.05) is 18.9 Å². The van der Waals surface area contributed by atoms with Gasteiger partial charge in [-0.15, -0.1) is 0 Å². The van der Waals surface area contributed by atoms with Gasteiger partial charge < -0.3 is 29.6 Å². The molecule has 3 heterocycles. The molecule has 1 aliphatic heterocycles. The summed E-state index contributed by atoms with van der Waals surface area (Å²) in [7, 11) is -4.58. The molecule has 1 aromatic carbocycles. The third-order valence-corrected chi connectivity index (χ3v) is 7.75. The van der Waals surface area contributed by atoms with E-state index < -0.39 is 56.3 Å². The molecule has 1 aliphatic rings. The smallest absolute Gasteiger partial charge is 0.459 e. The van der Waals surface area contributed by atoms with Crippen LogP contribution in [0.1, 0.15) is 40.8 Å². The molecule has 0 bridgehead atoms. The highest BCUT2D eigenvalue weighted by Crippen LogP contribution is 2.52. The molecular formula is C25H33F2N6O8P. The quantitative estimate of drug-likeness (QED) is 0.200. The largest absolute Gasteiger partial charge is 0.476 e. The van der Waals surface area contributed by atoms with Crippen LogP contribution in [0.3, 0.4) is 0 Å². The summed E-state index contributed by atoms with van der Waals surface area (Å²) in [5.41, 5.74) is 3.03. The van der Waals surface area contributed by atoms with Gasteiger partial charge in [0, 0.05) is 0 Å². The second kappa shape index (κ2) is 12.1. The number of nitrogen functional groups attached to an aromatic ring is 1. The predicted octanol–water partition coefficient (Wildman–Crippen LogP) is 3.22. The maximum absolute atomic E-state index is 16.2. The molecule has 0 spiro atoms. The van der Waals surface area contributed by atoms with Crippen molar-refractivity contribution in [3.05, 3.63) is 36.7 Å². The van der Waals surface area contributed by atoms with Gasteiger partial charge >= 0.3 is 13.7 Å². The highest BCUT2D eigenvalue weighted by molar-refractivity contribution is 7.52. The van der Waals surface area contributed by atoms with E-state index in [2.05, 4.69) is 20.0 Å². The lowest BCUT2D eigenvalue weighted by atomic mass is 9.97. The lowest BCUT2D eigenvalue weighted by molar-refractivity contribution is -0.202. The highest BCUT2D eigenvalue weighted by atomic mass is 31.2. The van der Waals surface area contributed by atoms with Gasteiger partial charge in [-0.1, -0.05) is 18.2 Å². The number of nitrogens with zero attached hydrogens (tertiary/aromatic N) is 4. The van der Waals surface area contributed by atoms with Gasteiger partial charge in [0.05, 0.1) is 19.0 Å². The molecule has 42 heavy (non-hydrogen) atoms. The fourth-order valence-corrected chi connectivity index (χ4v) is 5.69. The van der Waals surface area contributed by atoms with Crippen LogP contribution in [0.15, 0.2) is 36.7 Å². The molecule has 2 aromatic heterocycles. The Balaban J connectivity index is 1.61. The number of carbonyl (C=O) groups is 1. The van der Waals surface area contributed by atoms with Crippen LogP contribution in [-0.4, -0.2) is 73.6 Å². The summed E-state index contributed by atoms with van der Waals surface area (Å²) in [5.74, 6) is -4.20. The molecule has 0 amide bonds. The molecule has 230 valence electrons. The van der Waals surface area contributed by atoms with Gasteiger partial charge in [0.1, 0.15) is 18.4 Å². The van der Waals surface area contributed by atoms with Crippen LogP contribution in [0.25, 0.3) is 11.2 Å². The Bertz CT molecular complexity index is 1460. The van der Waals surface area contributed by atoms with Gasteiger partial charge in [0.25, 0.3) is 5.85 Å². The Kier molecular flexibility index (Phi) is 9.04. The van der Waals surface area contributed by atoms with E-state index >= 15 is 8.78 Å². The van der Waals surface area contributed by atoms with Crippen LogP contribution in [-0.2, 0) is 23.4 Å². The van der Waals surface area contributed by atoms with Crippen molar-refractivity contribution in [1.82, 2.24) is 24.6 Å². The highest BCUT2D eigenvalue weighted by Gasteiger charge is 2.65. The number of carbonyl (C=O) groups excluding carboxylic acids is 1. The van der Waals surface area contributed by atoms with Gasteiger partial charge in [0.2, 0.25) is 11.8 Å². The fraction of sp³-hybridized carbons (Fsp3) is 0.520. The minimum atomic E-state index is -4.58. The van der Waals surface area contributed by atoms with E-state index in [0.717, 1.165) is 17.8 Å². The molecular weight excluding hydrogens is 581 g/mol. The maximum atomic E-state index is 16.2. The summed E-state index contributed by atoms with van der Waals surface area (Å²) in [6.45, 7) is 6.14. The number of aliphatic hydroxyl groups is 1. The summed E-state index contributed by atoms with van der Waals surface area (Å²) in [4.78, 5) is 24.5. The molecule has 6 atom stereocenters. The number of imidazole rings is 1. The molecule has 4 rings (SSSR count). The standard InChI is InChI=1S/C25H33F2N6O8P/c1-6-37-19-17-18(30-23(28)31-19)33(13-29-17)22-24(5,26)21(35)25(27,40-22)12-38-42(36,41-16-10-8-7-9-11-16)32-15(4)20(34)39-14(2)3/h7-11,13-15,21-22,35H,6,12H2,1-5H3,(H,32,36)(H2,28,30,31)/t15-,21-,22+,24+,25+,42+/m0/s1. The number of esters is 1. The second-order valence-corrected chi connectivity index (χ2v) is 11.7. The average molecular weight is 615 g/mol. The van der Waals surface area contributed by atoms with Crippen molar-refractivity contribution < 1.29 is 46.5 Å². The molecule has 14 nitrogen and oxygen atoms in total. The van der Waals surface area contributed by atoms with Crippen molar-refractivity contribution in [3.63, 3.8) is 0 Å². The number of nitrogens with two attached hydrogens (primary N) is 1. The van der Waals surface area contributed by atoms with Gasteiger partial charge in [-0.05, 0) is 46.8 Å². The van der Waals surface area contributed by atoms with Crippen LogP contribution in [0.4, 0.5) is 14.7 Å². The Labute approximate surface area is 240 Å². The van der Waals surface area contributed by atoms with E-state index in [-0.39, 0.29) is 35.3 Å². The zero-order valence-electron chi connectivity index (χ0n) is 23.6. The van der Waals surface area contributed by atoms with Crippen LogP contribution in [0.2, 0.25) is 0 Å². The zero-order chi connectivity index (χ0) is 30.9. The number of para-hydroxylation sites is 1. The molecule has 0 aliphatic carbocycles. The molecule has 1 saturated heterocycles. The van der Waals surface area contributed by atoms with E-state index in [9.17, 15) is 14.5 Å². The van der Waals surface area contributed by atoms with Gasteiger partial charge in [-0.3, -0.25) is 13.9 Å². The summed E-state index contributed by atoms with van der Waals surface area (Å²) < 4.78 is 73.7. The van der Waals surface area contributed by atoms with E-state index in [4.69, 9.17) is 29.0 Å². The number of anilines is 1. The number of halogens is 2. The molecule has 0 radical (unpaired) electrons. The van der Waals surface area contributed by atoms with Gasteiger partial charge in [0.15, 0.2) is 29.2 Å². The predicted molar refractivity (Wildman–Crippen MR) is 145 cm³/mol. The first-order chi connectivity index (χ1) is 19.7. The van der Waals surface area contributed by atoms with Crippen molar-refractivity contribution in [2.24, 2.45) is 0 Å². The number of benzene rings is 1. The summed E-state index contributed by atoms with van der Waals surface area (Å²) in [5, 5.41) is 13.2. The topological polar surface area (TPSA) is 182 Å². The third-order valence-electron chi connectivity index (χ3n) is 6.13. The summed E-state index contributed by atoms with van der Waals surface area (Å²) in [6.07, 6.45) is -3.66. The SMILES string of the molecule is CCOc1nc(N)nc2c1ncn2[C@@H]1O[C@](F)(CO[P@](=O)(N[C@@H](C)C(=O)OC(C)C)Oc2ccccc2)[C@@H](O)[C@@]1(C)F. The lowest BCUT2D eigenvalue weighted by Crippen LogP contribution is -2.47. The second-order valence-electron chi connectivity index (χ2n) is 9.97. The third kappa shape index (κ3) is 6.47. The fourth-order valence-electron chi connectivity index (χ4n) is 4.19. The number of fused-ring (bicyclic) bond motifs is 1. The number of alkyl halides is 2. The van der Waals surface area contributed by atoms with Crippen LogP contribution < -0.4 is 20.1 Å². The molecule has 0 saturated carbocycles. The van der Waals surface area contributed by atoms with Crippen LogP contribution >= 0.6 is 7.75 Å². The van der Waals surface area contributed by atoms with Crippen molar-refractivity contribution in [3.8, 4) is 11.6 Å². The Morgan fingerprint density at radius 2 is 1.95 bits per heavy atom. The van der Waals surface area contributed by atoms with Crippen molar-refractivity contribution in [1.29, 1.82) is 0 Å². The number of rotatable bonds is 12. The van der Waals surface area contributed by atoms with Crippen LogP contribution in [0, 0.1) is 0 Å². The van der Waals surface area contributed by atoms with Gasteiger partial charge in [-0.25, -0.2) is 18.3 Å². The van der Waals surface area contributed by atoms with E-state index in [0.29, 0.717) is 0 Å². The number of nitrogens with one attached hydrogen (secondary N) is 1. The number of aromatic nitrogens is 4. The summed E-state index contributed by atoms with van der Waals surface area (Å²) in [6, 6.07) is 6.50. The Morgan fingerprint density at radius 1 is 1.26 bits per heavy atom. The Hall–Kier alpha value is -3.43. The average Bonchev–Trinajstić information content (AvgIpc) is 3.40. The Morgan fingerprint density at radius 3 is 2.60 bits per heavy atom. The number of hydrogen-bond donors (Lipinski definition) is 3. The van der Waals surface area contributed by atoms with E-state index in [1.807, 2.05) is 0 Å². The molecule has 3 aromatic rings. The summed E-state index contributed by atoms with van der Waals surface area (Å²) >= 11 is 0. The van der Waals surface area contributed by atoms with Crippen LogP contribution in [0.5, 0.6) is 11.6 Å². The van der Waals surface area contributed by atoms with E-state index in [1.165, 1.54) is 19.1 Å².